The number of rotatable bonds is 6. The number of H-pyrrole nitrogens is 1. The normalized spacial score (nSPS) is 11.7. The molecule has 2 aromatic heterocycles. The average Bonchev–Trinajstić information content (AvgIpc) is 3.18. The lowest BCUT2D eigenvalue weighted by molar-refractivity contribution is 0.101. The maximum absolute atomic E-state index is 12.7. The third kappa shape index (κ3) is 4.26. The van der Waals surface area contributed by atoms with Gasteiger partial charge in [0.2, 0.25) is 0 Å². The van der Waals surface area contributed by atoms with E-state index >= 15 is 0 Å². The minimum Gasteiger partial charge on any atom is -0.355 e. The summed E-state index contributed by atoms with van der Waals surface area (Å²) in [4.78, 5) is 27.6. The van der Waals surface area contributed by atoms with E-state index in [-0.39, 0.29) is 22.7 Å². The number of aromatic nitrogens is 4. The zero-order chi connectivity index (χ0) is 22.2. The van der Waals surface area contributed by atoms with Gasteiger partial charge in [-0.25, -0.2) is 0 Å². The molecule has 158 valence electrons. The summed E-state index contributed by atoms with van der Waals surface area (Å²) >= 11 is 1.34. The Kier molecular flexibility index (Phi) is 6.04. The van der Waals surface area contributed by atoms with Gasteiger partial charge in [0, 0.05) is 23.9 Å². The third-order valence-corrected chi connectivity index (χ3v) is 6.27. The van der Waals surface area contributed by atoms with E-state index in [2.05, 4.69) is 60.2 Å². The minimum atomic E-state index is -0.0628. The topological polar surface area (TPSA) is 80.6 Å². The number of ketones is 2. The summed E-state index contributed by atoms with van der Waals surface area (Å²) < 4.78 is 1.90. The van der Waals surface area contributed by atoms with E-state index in [0.29, 0.717) is 22.0 Å². The number of aryl methyl sites for hydroxylation is 1. The molecule has 0 aliphatic rings. The van der Waals surface area contributed by atoms with Gasteiger partial charge < -0.3 is 9.55 Å². The number of carbonyl (C=O) groups is 2. The van der Waals surface area contributed by atoms with Crippen LogP contribution in [-0.2, 0) is 12.5 Å². The predicted octanol–water partition coefficient (Wildman–Crippen LogP) is 4.90. The van der Waals surface area contributed by atoms with Crippen LogP contribution in [0.15, 0.2) is 29.4 Å². The molecule has 7 heteroatoms. The summed E-state index contributed by atoms with van der Waals surface area (Å²) in [6.45, 7) is 11.7. The number of carbonyl (C=O) groups excluding carboxylic acids is 2. The van der Waals surface area contributed by atoms with Crippen molar-refractivity contribution in [3.63, 3.8) is 0 Å². The van der Waals surface area contributed by atoms with Crippen molar-refractivity contribution in [3.05, 3.63) is 52.3 Å². The fraction of sp³-hybridized carbons (Fsp3) is 0.391. The number of benzene rings is 1. The lowest BCUT2D eigenvalue weighted by Crippen LogP contribution is -2.10. The van der Waals surface area contributed by atoms with Crippen LogP contribution >= 0.6 is 11.8 Å². The van der Waals surface area contributed by atoms with Crippen LogP contribution in [0, 0.1) is 13.8 Å². The van der Waals surface area contributed by atoms with Crippen LogP contribution in [0.2, 0.25) is 0 Å². The van der Waals surface area contributed by atoms with Crippen LogP contribution in [0.25, 0.3) is 11.4 Å². The molecule has 0 saturated heterocycles. The number of nitrogens with one attached hydrogen (secondary N) is 1. The quantitative estimate of drug-likeness (QED) is 0.449. The van der Waals surface area contributed by atoms with E-state index < -0.39 is 0 Å². The van der Waals surface area contributed by atoms with Gasteiger partial charge in [0.05, 0.1) is 11.4 Å². The summed E-state index contributed by atoms with van der Waals surface area (Å²) in [7, 11) is 1.90. The molecule has 6 nitrogen and oxygen atoms in total. The van der Waals surface area contributed by atoms with Gasteiger partial charge in [0.15, 0.2) is 22.5 Å². The lowest BCUT2D eigenvalue weighted by atomic mass is 9.87. The van der Waals surface area contributed by atoms with Crippen molar-refractivity contribution in [1.29, 1.82) is 0 Å². The first-order chi connectivity index (χ1) is 14.0. The monoisotopic (exact) mass is 424 g/mol. The number of aromatic amines is 1. The molecule has 30 heavy (non-hydrogen) atoms. The lowest BCUT2D eigenvalue weighted by Gasteiger charge is -2.19. The Bertz CT molecular complexity index is 1100. The van der Waals surface area contributed by atoms with Gasteiger partial charge in [-0.15, -0.1) is 10.2 Å². The molecule has 1 N–H and O–H groups in total. The van der Waals surface area contributed by atoms with Crippen LogP contribution in [0.4, 0.5) is 0 Å². The van der Waals surface area contributed by atoms with Crippen LogP contribution in [0.5, 0.6) is 0 Å². The molecule has 0 unspecified atom stereocenters. The Morgan fingerprint density at radius 2 is 1.73 bits per heavy atom. The molecule has 0 bridgehead atoms. The average molecular weight is 425 g/mol. The molecule has 0 radical (unpaired) electrons. The zero-order valence-corrected chi connectivity index (χ0v) is 19.4. The number of hydrogen-bond acceptors (Lipinski definition) is 5. The van der Waals surface area contributed by atoms with E-state index in [9.17, 15) is 9.59 Å². The SMILES string of the molecule is CC(=O)c1c(C)[nH]c(C(=O)CSc2nnc(-c3ccc(C(C)(C)C)cc3)n2C)c1C. The van der Waals surface area contributed by atoms with Gasteiger partial charge in [-0.3, -0.25) is 9.59 Å². The molecule has 0 amide bonds. The van der Waals surface area contributed by atoms with Crippen molar-refractivity contribution in [2.75, 3.05) is 5.75 Å². The van der Waals surface area contributed by atoms with E-state index in [4.69, 9.17) is 0 Å². The Morgan fingerprint density at radius 3 is 2.27 bits per heavy atom. The van der Waals surface area contributed by atoms with Gasteiger partial charge in [-0.2, -0.15) is 0 Å². The highest BCUT2D eigenvalue weighted by molar-refractivity contribution is 7.99. The number of thioether (sulfide) groups is 1. The molecular formula is C23H28N4O2S. The van der Waals surface area contributed by atoms with Crippen molar-refractivity contribution in [2.24, 2.45) is 7.05 Å². The zero-order valence-electron chi connectivity index (χ0n) is 18.6. The first-order valence-corrected chi connectivity index (χ1v) is 10.9. The highest BCUT2D eigenvalue weighted by Crippen LogP contribution is 2.28. The van der Waals surface area contributed by atoms with Crippen LogP contribution in [0.3, 0.4) is 0 Å². The second kappa shape index (κ2) is 8.22. The molecule has 3 rings (SSSR count). The van der Waals surface area contributed by atoms with Crippen molar-refractivity contribution < 1.29 is 9.59 Å². The second-order valence-electron chi connectivity index (χ2n) is 8.59. The van der Waals surface area contributed by atoms with Crippen LogP contribution in [0.1, 0.15) is 65.4 Å². The molecule has 1 aromatic carbocycles. The standard InChI is InChI=1S/C23H28N4O2S/c1-13-19(15(3)28)14(2)24-20(13)18(29)12-30-22-26-25-21(27(22)7)16-8-10-17(11-9-16)23(4,5)6/h8-11,24H,12H2,1-7H3. The molecule has 0 aliphatic carbocycles. The smallest absolute Gasteiger partial charge is 0.191 e. The molecular weight excluding hydrogens is 396 g/mol. The van der Waals surface area contributed by atoms with E-state index in [0.717, 1.165) is 17.1 Å². The maximum Gasteiger partial charge on any atom is 0.191 e. The largest absolute Gasteiger partial charge is 0.355 e. The van der Waals surface area contributed by atoms with Gasteiger partial charge in [0.25, 0.3) is 0 Å². The second-order valence-corrected chi connectivity index (χ2v) is 9.53. The fourth-order valence-electron chi connectivity index (χ4n) is 3.57. The summed E-state index contributed by atoms with van der Waals surface area (Å²) in [5.74, 6) is 0.874. The van der Waals surface area contributed by atoms with E-state index in [1.807, 2.05) is 18.5 Å². The van der Waals surface area contributed by atoms with Gasteiger partial charge in [0.1, 0.15) is 0 Å². The van der Waals surface area contributed by atoms with E-state index in [1.165, 1.54) is 24.2 Å². The first-order valence-electron chi connectivity index (χ1n) is 9.87. The summed E-state index contributed by atoms with van der Waals surface area (Å²) in [5, 5.41) is 9.25. The highest BCUT2D eigenvalue weighted by atomic mass is 32.2. The summed E-state index contributed by atoms with van der Waals surface area (Å²) in [5.41, 5.74) is 4.87. The Balaban J connectivity index is 1.75. The van der Waals surface area contributed by atoms with Gasteiger partial charge in [-0.1, -0.05) is 56.8 Å². The molecule has 3 aromatic rings. The predicted molar refractivity (Wildman–Crippen MR) is 120 cm³/mol. The third-order valence-electron chi connectivity index (χ3n) is 5.24. The number of nitrogens with zero attached hydrogens (tertiary/aromatic N) is 3. The molecule has 0 fully saturated rings. The van der Waals surface area contributed by atoms with E-state index in [1.54, 1.807) is 6.92 Å². The van der Waals surface area contributed by atoms with Crippen LogP contribution < -0.4 is 0 Å². The molecule has 0 saturated carbocycles. The van der Waals surface area contributed by atoms with Crippen LogP contribution in [-0.4, -0.2) is 37.1 Å². The highest BCUT2D eigenvalue weighted by Gasteiger charge is 2.21. The summed E-state index contributed by atoms with van der Waals surface area (Å²) in [6, 6.07) is 8.34. The Morgan fingerprint density at radius 1 is 1.10 bits per heavy atom. The number of hydrogen-bond donors (Lipinski definition) is 1. The van der Waals surface area contributed by atoms with Crippen molar-refractivity contribution in [2.45, 2.75) is 52.1 Å². The first kappa shape index (κ1) is 22.0. The van der Waals surface area contributed by atoms with Gasteiger partial charge >= 0.3 is 0 Å². The van der Waals surface area contributed by atoms with Crippen molar-refractivity contribution in [1.82, 2.24) is 19.7 Å². The minimum absolute atomic E-state index is 0.0385. The Labute approximate surface area is 181 Å². The van der Waals surface area contributed by atoms with Gasteiger partial charge in [-0.05, 0) is 37.3 Å². The van der Waals surface area contributed by atoms with Crippen molar-refractivity contribution in [3.8, 4) is 11.4 Å². The molecule has 0 aliphatic heterocycles. The fourth-order valence-corrected chi connectivity index (χ4v) is 4.35. The number of Topliss-reactive ketones (excluding diaryl/α,β-unsaturated/α-hetero) is 2. The molecule has 0 atom stereocenters. The molecule has 2 heterocycles. The maximum atomic E-state index is 12.7. The molecule has 0 spiro atoms. The van der Waals surface area contributed by atoms with Crippen molar-refractivity contribution >= 4 is 23.3 Å². The Hall–Kier alpha value is -2.67. The summed E-state index contributed by atoms with van der Waals surface area (Å²) in [6.07, 6.45) is 0.